The Bertz CT molecular complexity index is 509. The van der Waals surface area contributed by atoms with Gasteiger partial charge in [-0.05, 0) is 19.4 Å². The maximum atomic E-state index is 11.1. The molecule has 0 aliphatic carbocycles. The number of benzene rings is 1. The first-order valence-corrected chi connectivity index (χ1v) is 7.18. The SMILES string of the molecule is CCOC(=O)C=C=CCCC1(c2ccccc2)OCCO1. The van der Waals surface area contributed by atoms with Gasteiger partial charge in [-0.1, -0.05) is 30.3 Å². The first-order valence-electron chi connectivity index (χ1n) is 7.18. The van der Waals surface area contributed by atoms with Gasteiger partial charge < -0.3 is 14.2 Å². The molecule has 0 saturated carbocycles. The quantitative estimate of drug-likeness (QED) is 0.458. The van der Waals surface area contributed by atoms with Gasteiger partial charge in [-0.15, -0.1) is 5.73 Å². The molecule has 1 aromatic carbocycles. The summed E-state index contributed by atoms with van der Waals surface area (Å²) >= 11 is 0. The van der Waals surface area contributed by atoms with Crippen molar-refractivity contribution < 1.29 is 19.0 Å². The highest BCUT2D eigenvalue weighted by Gasteiger charge is 2.37. The van der Waals surface area contributed by atoms with Gasteiger partial charge in [0.2, 0.25) is 0 Å². The fourth-order valence-corrected chi connectivity index (χ4v) is 2.26. The number of hydrogen-bond acceptors (Lipinski definition) is 4. The van der Waals surface area contributed by atoms with Gasteiger partial charge in [-0.2, -0.15) is 0 Å². The third-order valence-corrected chi connectivity index (χ3v) is 3.19. The molecule has 0 spiro atoms. The van der Waals surface area contributed by atoms with Gasteiger partial charge in [0.25, 0.3) is 0 Å². The molecule has 0 atom stereocenters. The van der Waals surface area contributed by atoms with Crippen LogP contribution in [0.25, 0.3) is 0 Å². The summed E-state index contributed by atoms with van der Waals surface area (Å²) in [7, 11) is 0. The van der Waals surface area contributed by atoms with Crippen molar-refractivity contribution in [2.45, 2.75) is 25.6 Å². The zero-order valence-corrected chi connectivity index (χ0v) is 12.2. The van der Waals surface area contributed by atoms with E-state index in [4.69, 9.17) is 14.2 Å². The van der Waals surface area contributed by atoms with Gasteiger partial charge in [-0.3, -0.25) is 0 Å². The van der Waals surface area contributed by atoms with Crippen LogP contribution in [0.4, 0.5) is 0 Å². The highest BCUT2D eigenvalue weighted by Crippen LogP contribution is 2.35. The maximum Gasteiger partial charge on any atom is 0.338 e. The molecule has 112 valence electrons. The molecule has 1 saturated heterocycles. The minimum Gasteiger partial charge on any atom is -0.462 e. The average Bonchev–Trinajstić information content (AvgIpc) is 2.98. The Morgan fingerprint density at radius 3 is 2.71 bits per heavy atom. The largest absolute Gasteiger partial charge is 0.462 e. The molecule has 1 aliphatic rings. The molecule has 0 radical (unpaired) electrons. The minimum absolute atomic E-state index is 0.371. The van der Waals surface area contributed by atoms with Crippen LogP contribution in [0.15, 0.2) is 48.2 Å². The standard InChI is InChI=1S/C17H20O4/c1-2-19-16(18)11-7-4-8-12-17(20-13-14-21-17)15-9-5-3-6-10-15/h3-6,9-11H,2,8,12-14H2,1H3. The lowest BCUT2D eigenvalue weighted by molar-refractivity contribution is -0.170. The van der Waals surface area contributed by atoms with Crippen LogP contribution in [0.1, 0.15) is 25.3 Å². The zero-order chi connectivity index (χ0) is 15.0. The van der Waals surface area contributed by atoms with Gasteiger partial charge in [0.15, 0.2) is 5.79 Å². The number of ether oxygens (including phenoxy) is 3. The topological polar surface area (TPSA) is 44.8 Å². The van der Waals surface area contributed by atoms with Gasteiger partial charge in [0.05, 0.1) is 25.9 Å². The molecule has 0 amide bonds. The lowest BCUT2D eigenvalue weighted by atomic mass is 10.0. The van der Waals surface area contributed by atoms with E-state index < -0.39 is 5.79 Å². The summed E-state index contributed by atoms with van der Waals surface area (Å²) < 4.78 is 16.4. The molecular formula is C17H20O4. The summed E-state index contributed by atoms with van der Waals surface area (Å²) in [6.07, 6.45) is 4.48. The van der Waals surface area contributed by atoms with Crippen LogP contribution < -0.4 is 0 Å². The molecule has 2 rings (SSSR count). The smallest absolute Gasteiger partial charge is 0.338 e. The molecule has 0 N–H and O–H groups in total. The van der Waals surface area contributed by atoms with Crippen LogP contribution in [-0.4, -0.2) is 25.8 Å². The monoisotopic (exact) mass is 288 g/mol. The van der Waals surface area contributed by atoms with Crippen molar-refractivity contribution in [3.8, 4) is 0 Å². The van der Waals surface area contributed by atoms with Crippen LogP contribution >= 0.6 is 0 Å². The zero-order valence-electron chi connectivity index (χ0n) is 12.2. The summed E-state index contributed by atoms with van der Waals surface area (Å²) in [6.45, 7) is 3.33. The lowest BCUT2D eigenvalue weighted by Crippen LogP contribution is -2.26. The summed E-state index contributed by atoms with van der Waals surface area (Å²) in [5.41, 5.74) is 3.85. The van der Waals surface area contributed by atoms with E-state index in [2.05, 4.69) is 5.73 Å². The van der Waals surface area contributed by atoms with Crippen LogP contribution in [0.5, 0.6) is 0 Å². The van der Waals surface area contributed by atoms with E-state index in [0.29, 0.717) is 32.7 Å². The Kier molecular flexibility index (Phi) is 5.76. The van der Waals surface area contributed by atoms with Crippen molar-refractivity contribution in [2.75, 3.05) is 19.8 Å². The fourth-order valence-electron chi connectivity index (χ4n) is 2.26. The molecule has 0 bridgehead atoms. The first kappa shape index (κ1) is 15.5. The van der Waals surface area contributed by atoms with Crippen molar-refractivity contribution in [3.05, 3.63) is 53.8 Å². The van der Waals surface area contributed by atoms with Crippen LogP contribution in [-0.2, 0) is 24.8 Å². The number of rotatable bonds is 6. The van der Waals surface area contributed by atoms with Crippen LogP contribution in [0, 0.1) is 0 Å². The first-order chi connectivity index (χ1) is 10.3. The normalized spacial score (nSPS) is 16.0. The predicted octanol–water partition coefficient (Wildman–Crippen LogP) is 2.94. The second-order valence-corrected chi connectivity index (χ2v) is 4.62. The number of hydrogen-bond donors (Lipinski definition) is 0. The molecule has 0 aromatic heterocycles. The van der Waals surface area contributed by atoms with Crippen molar-refractivity contribution >= 4 is 5.97 Å². The van der Waals surface area contributed by atoms with E-state index in [1.165, 1.54) is 6.08 Å². The molecule has 4 heteroatoms. The third-order valence-electron chi connectivity index (χ3n) is 3.19. The third kappa shape index (κ3) is 4.30. The Hall–Kier alpha value is -1.87. The fraction of sp³-hybridized carbons (Fsp3) is 0.412. The second-order valence-electron chi connectivity index (χ2n) is 4.62. The van der Waals surface area contributed by atoms with Gasteiger partial charge in [0, 0.05) is 12.0 Å². The highest BCUT2D eigenvalue weighted by atomic mass is 16.7. The molecule has 4 nitrogen and oxygen atoms in total. The van der Waals surface area contributed by atoms with Crippen LogP contribution in [0.2, 0.25) is 0 Å². The molecule has 1 aromatic rings. The Balaban J connectivity index is 1.96. The Morgan fingerprint density at radius 2 is 2.05 bits per heavy atom. The Labute approximate surface area is 125 Å². The van der Waals surface area contributed by atoms with Crippen molar-refractivity contribution in [3.63, 3.8) is 0 Å². The summed E-state index contributed by atoms with van der Waals surface area (Å²) in [6, 6.07) is 9.92. The lowest BCUT2D eigenvalue weighted by Gasteiger charge is -2.27. The van der Waals surface area contributed by atoms with E-state index in [-0.39, 0.29) is 5.97 Å². The highest BCUT2D eigenvalue weighted by molar-refractivity contribution is 5.81. The van der Waals surface area contributed by atoms with E-state index in [1.54, 1.807) is 13.0 Å². The van der Waals surface area contributed by atoms with Gasteiger partial charge in [-0.25, -0.2) is 4.79 Å². The second kappa shape index (κ2) is 7.79. The Morgan fingerprint density at radius 1 is 1.33 bits per heavy atom. The summed E-state index contributed by atoms with van der Waals surface area (Å²) in [5.74, 6) is -1.05. The number of carbonyl (C=O) groups excluding carboxylic acids is 1. The van der Waals surface area contributed by atoms with E-state index in [9.17, 15) is 4.79 Å². The van der Waals surface area contributed by atoms with Crippen molar-refractivity contribution in [1.82, 2.24) is 0 Å². The number of esters is 1. The minimum atomic E-state index is -0.677. The van der Waals surface area contributed by atoms with Crippen molar-refractivity contribution in [2.24, 2.45) is 0 Å². The molecule has 21 heavy (non-hydrogen) atoms. The van der Waals surface area contributed by atoms with Crippen molar-refractivity contribution in [1.29, 1.82) is 0 Å². The van der Waals surface area contributed by atoms with E-state index >= 15 is 0 Å². The van der Waals surface area contributed by atoms with Gasteiger partial charge >= 0.3 is 5.97 Å². The predicted molar refractivity (Wildman–Crippen MR) is 78.5 cm³/mol. The summed E-state index contributed by atoms with van der Waals surface area (Å²) in [5, 5.41) is 0. The van der Waals surface area contributed by atoms with E-state index in [0.717, 1.165) is 5.56 Å². The molecular weight excluding hydrogens is 268 g/mol. The number of carbonyl (C=O) groups is 1. The summed E-state index contributed by atoms with van der Waals surface area (Å²) in [4.78, 5) is 11.1. The molecule has 1 heterocycles. The molecule has 0 unspecified atom stereocenters. The molecule has 1 fully saturated rings. The van der Waals surface area contributed by atoms with Crippen LogP contribution in [0.3, 0.4) is 0 Å². The molecule has 1 aliphatic heterocycles. The van der Waals surface area contributed by atoms with E-state index in [1.807, 2.05) is 30.3 Å². The maximum absolute atomic E-state index is 11.1. The average molecular weight is 288 g/mol. The van der Waals surface area contributed by atoms with Gasteiger partial charge in [0.1, 0.15) is 0 Å².